The highest BCUT2D eigenvalue weighted by Crippen LogP contribution is 2.16. The average molecular weight is 197 g/mol. The zero-order valence-corrected chi connectivity index (χ0v) is 8.16. The third-order valence-electron chi connectivity index (χ3n) is 2.32. The molecular formula is C8H15N5O. The summed E-state index contributed by atoms with van der Waals surface area (Å²) in [4.78, 5) is 3.99. The van der Waals surface area contributed by atoms with E-state index < -0.39 is 0 Å². The molecule has 1 aromatic heterocycles. The maximum absolute atomic E-state index is 5.44. The van der Waals surface area contributed by atoms with Crippen LogP contribution < -0.4 is 11.1 Å². The molecule has 0 spiro atoms. The Morgan fingerprint density at radius 1 is 1.64 bits per heavy atom. The molecule has 1 fully saturated rings. The Hall–Kier alpha value is -1.30. The van der Waals surface area contributed by atoms with Gasteiger partial charge in [-0.2, -0.15) is 4.98 Å². The number of aromatic amines is 1. The van der Waals surface area contributed by atoms with Crippen LogP contribution in [0.5, 0.6) is 0 Å². The van der Waals surface area contributed by atoms with Gasteiger partial charge in [0.15, 0.2) is 0 Å². The summed E-state index contributed by atoms with van der Waals surface area (Å²) in [5, 5.41) is 9.73. The molecule has 6 nitrogen and oxygen atoms in total. The summed E-state index contributed by atoms with van der Waals surface area (Å²) >= 11 is 0. The summed E-state index contributed by atoms with van der Waals surface area (Å²) in [6.07, 6.45) is 2.27. The number of nitrogen functional groups attached to an aromatic ring is 1. The van der Waals surface area contributed by atoms with E-state index in [2.05, 4.69) is 27.4 Å². The van der Waals surface area contributed by atoms with Crippen molar-refractivity contribution < 1.29 is 4.74 Å². The van der Waals surface area contributed by atoms with E-state index in [1.165, 1.54) is 0 Å². The fraction of sp³-hybridized carbons (Fsp3) is 0.750. The predicted molar refractivity (Wildman–Crippen MR) is 52.9 cm³/mol. The Bertz CT molecular complexity index is 300. The van der Waals surface area contributed by atoms with Gasteiger partial charge in [-0.3, -0.25) is 0 Å². The predicted octanol–water partition coefficient (Wildman–Crippen LogP) is 0.366. The molecule has 0 amide bonds. The number of ether oxygens (including phenoxy) is 1. The Morgan fingerprint density at radius 2 is 2.50 bits per heavy atom. The first-order chi connectivity index (χ1) is 6.74. The van der Waals surface area contributed by atoms with Gasteiger partial charge in [-0.05, 0) is 19.8 Å². The largest absolute Gasteiger partial charge is 0.378 e. The molecule has 4 N–H and O–H groups in total. The zero-order valence-electron chi connectivity index (χ0n) is 8.16. The van der Waals surface area contributed by atoms with Gasteiger partial charge in [0, 0.05) is 12.6 Å². The molecule has 2 rings (SSSR count). The molecule has 2 unspecified atom stereocenters. The minimum atomic E-state index is 0.303. The number of hydrogen-bond acceptors (Lipinski definition) is 5. The number of nitrogens with zero attached hydrogens (tertiary/aromatic N) is 2. The maximum atomic E-state index is 5.44. The van der Waals surface area contributed by atoms with Gasteiger partial charge in [-0.15, -0.1) is 5.10 Å². The van der Waals surface area contributed by atoms with Crippen LogP contribution in [0.2, 0.25) is 0 Å². The first kappa shape index (κ1) is 9.26. The van der Waals surface area contributed by atoms with Gasteiger partial charge in [-0.1, -0.05) is 0 Å². The first-order valence-electron chi connectivity index (χ1n) is 4.80. The maximum Gasteiger partial charge on any atom is 0.243 e. The van der Waals surface area contributed by atoms with Crippen molar-refractivity contribution in [3.8, 4) is 0 Å². The standard InChI is InChI=1S/C8H15N5O/c1-5-4-6(2-3-14-5)10-8-11-7(9)12-13-8/h5-6H,2-4H2,1H3,(H4,9,10,11,12,13). The van der Waals surface area contributed by atoms with Crippen molar-refractivity contribution in [2.45, 2.75) is 31.9 Å². The van der Waals surface area contributed by atoms with Crippen LogP contribution in [0.3, 0.4) is 0 Å². The first-order valence-corrected chi connectivity index (χ1v) is 4.80. The summed E-state index contributed by atoms with van der Waals surface area (Å²) in [5.41, 5.74) is 5.42. The Morgan fingerprint density at radius 3 is 3.14 bits per heavy atom. The van der Waals surface area contributed by atoms with E-state index in [1.54, 1.807) is 0 Å². The monoisotopic (exact) mass is 197 g/mol. The van der Waals surface area contributed by atoms with Crippen molar-refractivity contribution in [3.63, 3.8) is 0 Å². The van der Waals surface area contributed by atoms with Crippen molar-refractivity contribution in [2.75, 3.05) is 17.7 Å². The number of rotatable bonds is 2. The van der Waals surface area contributed by atoms with Crippen molar-refractivity contribution in [1.82, 2.24) is 15.2 Å². The van der Waals surface area contributed by atoms with Gasteiger partial charge in [0.2, 0.25) is 11.9 Å². The van der Waals surface area contributed by atoms with Crippen molar-refractivity contribution in [3.05, 3.63) is 0 Å². The molecular weight excluding hydrogens is 182 g/mol. The third kappa shape index (κ3) is 2.14. The van der Waals surface area contributed by atoms with Gasteiger partial charge in [0.1, 0.15) is 0 Å². The molecule has 1 saturated heterocycles. The lowest BCUT2D eigenvalue weighted by molar-refractivity contribution is 0.0231. The summed E-state index contributed by atoms with van der Waals surface area (Å²) in [6, 6.07) is 0.383. The molecule has 0 aromatic carbocycles. The van der Waals surface area contributed by atoms with Crippen LogP contribution in [0.4, 0.5) is 11.9 Å². The number of hydrogen-bond donors (Lipinski definition) is 3. The number of anilines is 2. The van der Waals surface area contributed by atoms with Gasteiger partial charge in [-0.25, -0.2) is 5.10 Å². The minimum absolute atomic E-state index is 0.303. The normalized spacial score (nSPS) is 27.5. The van der Waals surface area contributed by atoms with Crippen LogP contribution in [-0.4, -0.2) is 33.9 Å². The lowest BCUT2D eigenvalue weighted by Crippen LogP contribution is -2.32. The molecule has 0 radical (unpaired) electrons. The zero-order chi connectivity index (χ0) is 9.97. The molecule has 0 aliphatic carbocycles. The Labute approximate surface area is 82.2 Å². The van der Waals surface area contributed by atoms with Gasteiger partial charge in [0.25, 0.3) is 0 Å². The van der Waals surface area contributed by atoms with Crippen LogP contribution in [0.25, 0.3) is 0 Å². The van der Waals surface area contributed by atoms with E-state index in [9.17, 15) is 0 Å². The third-order valence-corrected chi connectivity index (χ3v) is 2.32. The molecule has 78 valence electrons. The summed E-state index contributed by atoms with van der Waals surface area (Å²) in [6.45, 7) is 2.86. The number of aromatic nitrogens is 3. The Kier molecular flexibility index (Phi) is 2.53. The summed E-state index contributed by atoms with van der Waals surface area (Å²) in [5.74, 6) is 0.911. The SMILES string of the molecule is CC1CC(Nc2n[nH]c(N)n2)CCO1. The topological polar surface area (TPSA) is 88.9 Å². The molecule has 6 heteroatoms. The second-order valence-corrected chi connectivity index (χ2v) is 3.59. The minimum Gasteiger partial charge on any atom is -0.378 e. The van der Waals surface area contributed by atoms with Crippen LogP contribution in [0.1, 0.15) is 19.8 Å². The fourth-order valence-corrected chi connectivity index (χ4v) is 1.65. The van der Waals surface area contributed by atoms with Crippen LogP contribution >= 0.6 is 0 Å². The van der Waals surface area contributed by atoms with Crippen LogP contribution in [-0.2, 0) is 4.74 Å². The molecule has 1 aromatic rings. The Balaban J connectivity index is 1.90. The lowest BCUT2D eigenvalue weighted by atomic mass is 10.0. The van der Waals surface area contributed by atoms with Gasteiger partial charge in [0.05, 0.1) is 6.10 Å². The average Bonchev–Trinajstić information content (AvgIpc) is 2.51. The number of nitrogens with one attached hydrogen (secondary N) is 2. The van der Waals surface area contributed by atoms with Crippen molar-refractivity contribution >= 4 is 11.9 Å². The highest BCUT2D eigenvalue weighted by atomic mass is 16.5. The van der Waals surface area contributed by atoms with E-state index in [0.29, 0.717) is 24.0 Å². The molecule has 2 atom stereocenters. The number of nitrogens with two attached hydrogens (primary N) is 1. The quantitative estimate of drug-likeness (QED) is 0.637. The molecule has 2 heterocycles. The lowest BCUT2D eigenvalue weighted by Gasteiger charge is -2.27. The van der Waals surface area contributed by atoms with Crippen LogP contribution in [0.15, 0.2) is 0 Å². The van der Waals surface area contributed by atoms with Gasteiger partial charge < -0.3 is 15.8 Å². The molecule has 0 saturated carbocycles. The van der Waals surface area contributed by atoms with Crippen LogP contribution in [0, 0.1) is 0 Å². The van der Waals surface area contributed by atoms with E-state index in [1.807, 2.05) is 0 Å². The summed E-state index contributed by atoms with van der Waals surface area (Å²) in [7, 11) is 0. The molecule has 1 aliphatic rings. The second-order valence-electron chi connectivity index (χ2n) is 3.59. The second kappa shape index (κ2) is 3.83. The van der Waals surface area contributed by atoms with E-state index >= 15 is 0 Å². The highest BCUT2D eigenvalue weighted by Gasteiger charge is 2.19. The van der Waals surface area contributed by atoms with Crippen molar-refractivity contribution in [1.29, 1.82) is 0 Å². The van der Waals surface area contributed by atoms with Gasteiger partial charge >= 0.3 is 0 Å². The number of H-pyrrole nitrogens is 1. The van der Waals surface area contributed by atoms with E-state index in [4.69, 9.17) is 10.5 Å². The smallest absolute Gasteiger partial charge is 0.243 e. The van der Waals surface area contributed by atoms with E-state index in [-0.39, 0.29) is 0 Å². The molecule has 0 bridgehead atoms. The van der Waals surface area contributed by atoms with E-state index in [0.717, 1.165) is 19.4 Å². The fourth-order valence-electron chi connectivity index (χ4n) is 1.65. The van der Waals surface area contributed by atoms with Crippen molar-refractivity contribution in [2.24, 2.45) is 0 Å². The molecule has 14 heavy (non-hydrogen) atoms. The molecule has 1 aliphatic heterocycles. The summed E-state index contributed by atoms with van der Waals surface area (Å²) < 4.78 is 5.44. The highest BCUT2D eigenvalue weighted by molar-refractivity contribution is 5.30.